The van der Waals surface area contributed by atoms with Crippen LogP contribution in [0.3, 0.4) is 0 Å². The lowest BCUT2D eigenvalue weighted by atomic mass is 9.98. The van der Waals surface area contributed by atoms with Gasteiger partial charge in [-0.3, -0.25) is 0 Å². The van der Waals surface area contributed by atoms with Crippen LogP contribution in [0.1, 0.15) is 44.6 Å². The Kier molecular flexibility index (Phi) is 5.10. The highest BCUT2D eigenvalue weighted by atomic mass is 19.2. The number of hydrogen-bond donors (Lipinski definition) is 0. The number of ether oxygens (including phenoxy) is 1. The molecule has 0 amide bonds. The van der Waals surface area contributed by atoms with E-state index in [0.717, 1.165) is 37.8 Å². The van der Waals surface area contributed by atoms with E-state index in [1.807, 2.05) is 6.26 Å². The minimum absolute atomic E-state index is 0.0757. The lowest BCUT2D eigenvalue weighted by molar-refractivity contribution is 0.110. The zero-order chi connectivity index (χ0) is 14.5. The molecule has 1 aromatic rings. The molecule has 2 rings (SSSR count). The highest BCUT2D eigenvalue weighted by Gasteiger charge is 2.16. The molecule has 1 nitrogen and oxygen atoms in total. The first kappa shape index (κ1) is 14.9. The average molecular weight is 284 g/mol. The molecule has 20 heavy (non-hydrogen) atoms. The van der Waals surface area contributed by atoms with Gasteiger partial charge in [0.1, 0.15) is 0 Å². The van der Waals surface area contributed by atoms with Gasteiger partial charge in [0.15, 0.2) is 17.5 Å². The van der Waals surface area contributed by atoms with Crippen LogP contribution in [-0.2, 0) is 11.2 Å². The highest BCUT2D eigenvalue weighted by molar-refractivity contribution is 5.19. The molecular weight excluding hydrogens is 265 g/mol. The van der Waals surface area contributed by atoms with E-state index in [0.29, 0.717) is 18.4 Å². The number of benzene rings is 1. The van der Waals surface area contributed by atoms with Crippen LogP contribution in [0, 0.1) is 17.5 Å². The SMILES string of the molecule is CCCC1=COC(CCc2cc(F)c(F)c(F)c2)CC1. The second kappa shape index (κ2) is 6.82. The molecule has 0 radical (unpaired) electrons. The predicted octanol–water partition coefficient (Wildman–Crippen LogP) is 4.90. The van der Waals surface area contributed by atoms with E-state index in [4.69, 9.17) is 4.74 Å². The number of hydrogen-bond acceptors (Lipinski definition) is 1. The van der Waals surface area contributed by atoms with Crippen molar-refractivity contribution in [1.29, 1.82) is 0 Å². The van der Waals surface area contributed by atoms with Gasteiger partial charge in [-0.1, -0.05) is 13.3 Å². The molecule has 0 aromatic heterocycles. The molecule has 1 aromatic carbocycles. The summed E-state index contributed by atoms with van der Waals surface area (Å²) in [5.41, 5.74) is 1.79. The van der Waals surface area contributed by atoms with Crippen LogP contribution >= 0.6 is 0 Å². The minimum Gasteiger partial charge on any atom is -0.498 e. The number of rotatable bonds is 5. The van der Waals surface area contributed by atoms with Crippen LogP contribution in [0.2, 0.25) is 0 Å². The maximum atomic E-state index is 13.1. The molecule has 1 unspecified atom stereocenters. The fourth-order valence-corrected chi connectivity index (χ4v) is 2.46. The van der Waals surface area contributed by atoms with Crippen LogP contribution in [0.4, 0.5) is 13.2 Å². The van der Waals surface area contributed by atoms with Gasteiger partial charge in [0.25, 0.3) is 0 Å². The van der Waals surface area contributed by atoms with E-state index in [2.05, 4.69) is 6.92 Å². The minimum atomic E-state index is -1.41. The molecule has 1 atom stereocenters. The van der Waals surface area contributed by atoms with E-state index < -0.39 is 17.5 Å². The molecular formula is C16H19F3O. The van der Waals surface area contributed by atoms with Crippen molar-refractivity contribution in [3.05, 3.63) is 47.0 Å². The summed E-state index contributed by atoms with van der Waals surface area (Å²) in [6.45, 7) is 2.13. The summed E-state index contributed by atoms with van der Waals surface area (Å²) in [7, 11) is 0. The van der Waals surface area contributed by atoms with Crippen molar-refractivity contribution in [2.45, 2.75) is 51.6 Å². The largest absolute Gasteiger partial charge is 0.498 e. The lowest BCUT2D eigenvalue weighted by Crippen LogP contribution is -2.15. The predicted molar refractivity (Wildman–Crippen MR) is 71.7 cm³/mol. The normalized spacial score (nSPS) is 18.6. The summed E-state index contributed by atoms with van der Waals surface area (Å²) in [6, 6.07) is 2.11. The van der Waals surface area contributed by atoms with Crippen LogP contribution in [0.15, 0.2) is 24.0 Å². The van der Waals surface area contributed by atoms with Gasteiger partial charge in [-0.2, -0.15) is 0 Å². The van der Waals surface area contributed by atoms with Gasteiger partial charge in [0.2, 0.25) is 0 Å². The van der Waals surface area contributed by atoms with Gasteiger partial charge in [-0.15, -0.1) is 0 Å². The number of halogens is 3. The third-order valence-electron chi connectivity index (χ3n) is 3.58. The molecule has 0 bridgehead atoms. The van der Waals surface area contributed by atoms with Gasteiger partial charge in [-0.05, 0) is 55.4 Å². The number of allylic oxidation sites excluding steroid dienone is 1. The standard InChI is InChI=1S/C16H19F3O/c1-2-3-11-4-6-13(20-10-11)7-5-12-8-14(17)16(19)15(18)9-12/h8-10,13H,2-7H2,1H3. The Morgan fingerprint density at radius 1 is 1.15 bits per heavy atom. The fourth-order valence-electron chi connectivity index (χ4n) is 2.46. The van der Waals surface area contributed by atoms with Crippen LogP contribution in [0.5, 0.6) is 0 Å². The number of aryl methyl sites for hydroxylation is 1. The zero-order valence-electron chi connectivity index (χ0n) is 11.6. The maximum Gasteiger partial charge on any atom is 0.194 e. The molecule has 0 saturated heterocycles. The van der Waals surface area contributed by atoms with Crippen molar-refractivity contribution < 1.29 is 17.9 Å². The summed E-state index contributed by atoms with van der Waals surface area (Å²) < 4.78 is 44.6. The van der Waals surface area contributed by atoms with Crippen LogP contribution < -0.4 is 0 Å². The van der Waals surface area contributed by atoms with Crippen molar-refractivity contribution in [3.63, 3.8) is 0 Å². The lowest BCUT2D eigenvalue weighted by Gasteiger charge is -2.23. The fraction of sp³-hybridized carbons (Fsp3) is 0.500. The summed E-state index contributed by atoms with van der Waals surface area (Å²) in [5.74, 6) is -3.67. The van der Waals surface area contributed by atoms with Gasteiger partial charge in [0, 0.05) is 0 Å². The van der Waals surface area contributed by atoms with E-state index >= 15 is 0 Å². The zero-order valence-corrected chi connectivity index (χ0v) is 11.6. The molecule has 1 aliphatic heterocycles. The molecule has 1 aliphatic rings. The molecule has 0 saturated carbocycles. The summed E-state index contributed by atoms with van der Waals surface area (Å²) in [6.07, 6.45) is 7.17. The van der Waals surface area contributed by atoms with Gasteiger partial charge < -0.3 is 4.74 Å². The van der Waals surface area contributed by atoms with Gasteiger partial charge in [-0.25, -0.2) is 13.2 Å². The molecule has 0 N–H and O–H groups in total. The molecule has 0 fully saturated rings. The van der Waals surface area contributed by atoms with E-state index in [9.17, 15) is 13.2 Å². The second-order valence-electron chi connectivity index (χ2n) is 5.23. The highest BCUT2D eigenvalue weighted by Crippen LogP contribution is 2.24. The van der Waals surface area contributed by atoms with Gasteiger partial charge >= 0.3 is 0 Å². The Hall–Kier alpha value is -1.45. The molecule has 0 aliphatic carbocycles. The Balaban J connectivity index is 1.88. The van der Waals surface area contributed by atoms with Crippen molar-refractivity contribution in [2.75, 3.05) is 0 Å². The van der Waals surface area contributed by atoms with Gasteiger partial charge in [0.05, 0.1) is 12.4 Å². The second-order valence-corrected chi connectivity index (χ2v) is 5.23. The first-order chi connectivity index (χ1) is 9.60. The van der Waals surface area contributed by atoms with E-state index in [1.54, 1.807) is 0 Å². The quantitative estimate of drug-likeness (QED) is 0.699. The molecule has 0 spiro atoms. The average Bonchev–Trinajstić information content (AvgIpc) is 2.44. The Morgan fingerprint density at radius 2 is 1.85 bits per heavy atom. The third kappa shape index (κ3) is 3.78. The third-order valence-corrected chi connectivity index (χ3v) is 3.58. The first-order valence-electron chi connectivity index (χ1n) is 7.07. The van der Waals surface area contributed by atoms with Crippen molar-refractivity contribution >= 4 is 0 Å². The van der Waals surface area contributed by atoms with Crippen molar-refractivity contribution in [3.8, 4) is 0 Å². The first-order valence-corrected chi connectivity index (χ1v) is 7.07. The van der Waals surface area contributed by atoms with Crippen molar-refractivity contribution in [1.82, 2.24) is 0 Å². The Bertz CT molecular complexity index is 473. The van der Waals surface area contributed by atoms with E-state index in [1.165, 1.54) is 5.57 Å². The Labute approximate surface area is 117 Å². The maximum absolute atomic E-state index is 13.1. The molecule has 1 heterocycles. The smallest absolute Gasteiger partial charge is 0.194 e. The van der Waals surface area contributed by atoms with Crippen LogP contribution in [-0.4, -0.2) is 6.10 Å². The summed E-state index contributed by atoms with van der Waals surface area (Å²) in [5, 5.41) is 0. The summed E-state index contributed by atoms with van der Waals surface area (Å²) in [4.78, 5) is 0. The van der Waals surface area contributed by atoms with Crippen molar-refractivity contribution in [2.24, 2.45) is 0 Å². The molecule has 4 heteroatoms. The monoisotopic (exact) mass is 284 g/mol. The summed E-state index contributed by atoms with van der Waals surface area (Å²) >= 11 is 0. The Morgan fingerprint density at radius 3 is 2.40 bits per heavy atom. The topological polar surface area (TPSA) is 9.23 Å². The van der Waals surface area contributed by atoms with E-state index in [-0.39, 0.29) is 6.10 Å². The van der Waals surface area contributed by atoms with Crippen LogP contribution in [0.25, 0.3) is 0 Å². The molecule has 110 valence electrons.